The molecule has 0 aliphatic heterocycles. The summed E-state index contributed by atoms with van der Waals surface area (Å²) in [5.41, 5.74) is 0.285. The highest BCUT2D eigenvalue weighted by Crippen LogP contribution is 2.32. The third kappa shape index (κ3) is 3.53. The number of nitrogens with zero attached hydrogens (tertiary/aromatic N) is 1. The molecule has 2 N–H and O–H groups in total. The van der Waals surface area contributed by atoms with Crippen LogP contribution in [0.4, 0.5) is 21.7 Å². The Morgan fingerprint density at radius 2 is 1.90 bits per heavy atom. The number of nitrogens with one attached hydrogen (secondary N) is 2. The highest BCUT2D eigenvalue weighted by Gasteiger charge is 2.11. The second-order valence-electron chi connectivity index (χ2n) is 3.93. The molecule has 0 saturated heterocycles. The number of halogens is 4. The van der Waals surface area contributed by atoms with Crippen LogP contribution in [-0.2, 0) is 0 Å². The predicted molar refractivity (Wildman–Crippen MR) is 85.8 cm³/mol. The van der Waals surface area contributed by atoms with E-state index in [-0.39, 0.29) is 5.69 Å². The predicted octanol–water partition coefficient (Wildman–Crippen LogP) is 5.47. The van der Waals surface area contributed by atoms with Crippen LogP contribution in [0.15, 0.2) is 28.7 Å². The van der Waals surface area contributed by atoms with E-state index in [1.165, 1.54) is 6.07 Å². The maximum absolute atomic E-state index is 13.8. The van der Waals surface area contributed by atoms with Gasteiger partial charge in [0, 0.05) is 11.0 Å². The Morgan fingerprint density at radius 3 is 2.55 bits per heavy atom. The van der Waals surface area contributed by atoms with Crippen molar-refractivity contribution in [3.05, 3.63) is 44.6 Å². The van der Waals surface area contributed by atoms with E-state index in [0.29, 0.717) is 32.7 Å². The highest BCUT2D eigenvalue weighted by molar-refractivity contribution is 9.10. The molecule has 0 aliphatic rings. The van der Waals surface area contributed by atoms with Crippen LogP contribution >= 0.6 is 39.1 Å². The van der Waals surface area contributed by atoms with E-state index in [4.69, 9.17) is 23.2 Å². The van der Waals surface area contributed by atoms with E-state index < -0.39 is 5.82 Å². The monoisotopic (exact) mass is 377 g/mol. The van der Waals surface area contributed by atoms with Crippen molar-refractivity contribution in [3.63, 3.8) is 0 Å². The third-order valence-corrected chi connectivity index (χ3v) is 3.53. The lowest BCUT2D eigenvalue weighted by Crippen LogP contribution is -2.03. The van der Waals surface area contributed by atoms with Crippen molar-refractivity contribution in [1.29, 1.82) is 0 Å². The van der Waals surface area contributed by atoms with E-state index in [2.05, 4.69) is 31.5 Å². The third-order valence-electron chi connectivity index (χ3n) is 2.46. The average Bonchev–Trinajstić information content (AvgIpc) is 2.38. The molecule has 2 rings (SSSR count). The van der Waals surface area contributed by atoms with Crippen molar-refractivity contribution in [2.75, 3.05) is 17.2 Å². The first kappa shape index (κ1) is 15.4. The van der Waals surface area contributed by atoms with E-state index in [0.717, 1.165) is 0 Å². The van der Waals surface area contributed by atoms with E-state index in [1.54, 1.807) is 18.2 Å². The number of aromatic nitrogens is 1. The largest absolute Gasteiger partial charge is 0.369 e. The molecule has 0 spiro atoms. The van der Waals surface area contributed by atoms with Gasteiger partial charge in [0.25, 0.3) is 0 Å². The van der Waals surface area contributed by atoms with Crippen molar-refractivity contribution in [3.8, 4) is 0 Å². The Kier molecular flexibility index (Phi) is 5.07. The maximum Gasteiger partial charge on any atom is 0.151 e. The molecule has 0 amide bonds. The lowest BCUT2D eigenvalue weighted by Gasteiger charge is -2.12. The molecule has 1 aromatic heterocycles. The summed E-state index contributed by atoms with van der Waals surface area (Å²) in [5.74, 6) is 0.434. The Bertz CT molecular complexity index is 637. The fourth-order valence-electron chi connectivity index (χ4n) is 1.56. The zero-order valence-electron chi connectivity index (χ0n) is 10.5. The smallest absolute Gasteiger partial charge is 0.151 e. The number of anilines is 3. The Hall–Kier alpha value is -1.04. The van der Waals surface area contributed by atoms with Crippen molar-refractivity contribution in [2.24, 2.45) is 0 Å². The quantitative estimate of drug-likeness (QED) is 0.741. The number of hydrogen-bond donors (Lipinski definition) is 2. The topological polar surface area (TPSA) is 37.0 Å². The second kappa shape index (κ2) is 6.61. The summed E-state index contributed by atoms with van der Waals surface area (Å²) in [6.45, 7) is 2.59. The number of pyridine rings is 1. The SMILES string of the molecule is CCNc1nc(Nc2ccc(Br)cc2F)c(Cl)cc1Cl. The first-order valence-corrected chi connectivity index (χ1v) is 7.38. The first-order valence-electron chi connectivity index (χ1n) is 5.83. The van der Waals surface area contributed by atoms with Crippen LogP contribution in [0.5, 0.6) is 0 Å². The van der Waals surface area contributed by atoms with Crippen molar-refractivity contribution in [2.45, 2.75) is 6.92 Å². The Labute approximate surface area is 134 Å². The molecule has 106 valence electrons. The van der Waals surface area contributed by atoms with Crippen LogP contribution < -0.4 is 10.6 Å². The van der Waals surface area contributed by atoms with Gasteiger partial charge in [-0.25, -0.2) is 9.37 Å². The maximum atomic E-state index is 13.8. The lowest BCUT2D eigenvalue weighted by atomic mass is 10.3. The number of rotatable bonds is 4. The highest BCUT2D eigenvalue weighted by atomic mass is 79.9. The molecule has 0 fully saturated rings. The zero-order valence-corrected chi connectivity index (χ0v) is 13.6. The molecule has 3 nitrogen and oxygen atoms in total. The standard InChI is InChI=1S/C13H11BrCl2FN3/c1-2-18-12-8(15)6-9(16)13(20-12)19-11-4-3-7(14)5-10(11)17/h3-6H,2H2,1H3,(H2,18,19,20). The van der Waals surface area contributed by atoms with E-state index in [1.807, 2.05) is 6.92 Å². The molecule has 0 aliphatic carbocycles. The molecular weight excluding hydrogens is 368 g/mol. The molecule has 7 heteroatoms. The summed E-state index contributed by atoms with van der Waals surface area (Å²) >= 11 is 15.3. The summed E-state index contributed by atoms with van der Waals surface area (Å²) in [6, 6.07) is 6.24. The van der Waals surface area contributed by atoms with Crippen molar-refractivity contribution in [1.82, 2.24) is 4.98 Å². The van der Waals surface area contributed by atoms with Gasteiger partial charge in [-0.3, -0.25) is 0 Å². The van der Waals surface area contributed by atoms with Gasteiger partial charge in [-0.1, -0.05) is 39.1 Å². The van der Waals surface area contributed by atoms with Crippen LogP contribution in [0.3, 0.4) is 0 Å². The van der Waals surface area contributed by atoms with Gasteiger partial charge in [0.1, 0.15) is 11.6 Å². The second-order valence-corrected chi connectivity index (χ2v) is 5.66. The summed E-state index contributed by atoms with van der Waals surface area (Å²) in [6.07, 6.45) is 0. The summed E-state index contributed by atoms with van der Waals surface area (Å²) in [4.78, 5) is 4.26. The minimum absolute atomic E-state index is 0.285. The van der Waals surface area contributed by atoms with Crippen LogP contribution in [0, 0.1) is 5.82 Å². The number of hydrogen-bond acceptors (Lipinski definition) is 3. The van der Waals surface area contributed by atoms with Gasteiger partial charge in [-0.2, -0.15) is 0 Å². The molecule has 0 radical (unpaired) electrons. The molecule has 1 aromatic carbocycles. The molecule has 20 heavy (non-hydrogen) atoms. The summed E-state index contributed by atoms with van der Waals surface area (Å²) in [7, 11) is 0. The van der Waals surface area contributed by atoms with Gasteiger partial charge in [0.05, 0.1) is 15.7 Å². The van der Waals surface area contributed by atoms with Crippen molar-refractivity contribution >= 4 is 56.5 Å². The molecule has 0 saturated carbocycles. The molecule has 1 heterocycles. The molecule has 0 unspecified atom stereocenters. The van der Waals surface area contributed by atoms with E-state index in [9.17, 15) is 4.39 Å². The number of benzene rings is 1. The van der Waals surface area contributed by atoms with Crippen LogP contribution in [0.2, 0.25) is 10.0 Å². The van der Waals surface area contributed by atoms with Crippen LogP contribution in [0.1, 0.15) is 6.92 Å². The lowest BCUT2D eigenvalue weighted by molar-refractivity contribution is 0.631. The fourth-order valence-corrected chi connectivity index (χ4v) is 2.37. The van der Waals surface area contributed by atoms with E-state index >= 15 is 0 Å². The molecule has 0 bridgehead atoms. The minimum atomic E-state index is -0.405. The van der Waals surface area contributed by atoms with Gasteiger partial charge in [-0.05, 0) is 31.2 Å². The minimum Gasteiger partial charge on any atom is -0.369 e. The van der Waals surface area contributed by atoms with Crippen LogP contribution in [-0.4, -0.2) is 11.5 Å². The fraction of sp³-hybridized carbons (Fsp3) is 0.154. The van der Waals surface area contributed by atoms with Gasteiger partial charge in [0.15, 0.2) is 5.82 Å². The molecule has 2 aromatic rings. The molecule has 0 atom stereocenters. The Morgan fingerprint density at radius 1 is 1.20 bits per heavy atom. The normalized spacial score (nSPS) is 10.4. The Balaban J connectivity index is 2.35. The van der Waals surface area contributed by atoms with Gasteiger partial charge in [-0.15, -0.1) is 0 Å². The van der Waals surface area contributed by atoms with Gasteiger partial charge in [0.2, 0.25) is 0 Å². The average molecular weight is 379 g/mol. The van der Waals surface area contributed by atoms with Gasteiger partial charge >= 0.3 is 0 Å². The summed E-state index contributed by atoms with van der Waals surface area (Å²) < 4.78 is 14.4. The first-order chi connectivity index (χ1) is 9.51. The van der Waals surface area contributed by atoms with Crippen molar-refractivity contribution < 1.29 is 4.39 Å². The molecular formula is C13H11BrCl2FN3. The van der Waals surface area contributed by atoms with Crippen LogP contribution in [0.25, 0.3) is 0 Å². The summed E-state index contributed by atoms with van der Waals surface area (Å²) in [5, 5.41) is 6.60. The van der Waals surface area contributed by atoms with Gasteiger partial charge < -0.3 is 10.6 Å². The zero-order chi connectivity index (χ0) is 14.7.